The van der Waals surface area contributed by atoms with Gasteiger partial charge in [-0.1, -0.05) is 19.1 Å². The fourth-order valence-electron chi connectivity index (χ4n) is 3.31. The summed E-state index contributed by atoms with van der Waals surface area (Å²) in [4.78, 5) is 21.0. The standard InChI is InChI=1S/C21H29N5OS.HI/c1-3-6-19(27)24-18-8-4-7-17(15-18)16-23-21(22-2)26-12-10-25(11-13-26)20-9-5-14-28-20;/h4-5,7-9,14-15H,3,6,10-13,16H2,1-2H3,(H,22,23)(H,24,27);1H. The maximum absolute atomic E-state index is 11.8. The number of carbonyl (C=O) groups excluding carboxylic acids is 1. The average Bonchev–Trinajstić information content (AvgIpc) is 3.24. The number of benzene rings is 1. The van der Waals surface area contributed by atoms with E-state index in [1.807, 2.05) is 32.2 Å². The van der Waals surface area contributed by atoms with Crippen LogP contribution < -0.4 is 15.5 Å². The van der Waals surface area contributed by atoms with Crippen molar-refractivity contribution in [3.05, 3.63) is 47.3 Å². The van der Waals surface area contributed by atoms with Gasteiger partial charge in [0.15, 0.2) is 5.96 Å². The zero-order valence-corrected chi connectivity index (χ0v) is 20.2. The van der Waals surface area contributed by atoms with Gasteiger partial charge in [0.2, 0.25) is 5.91 Å². The molecule has 0 aliphatic carbocycles. The quantitative estimate of drug-likeness (QED) is 0.339. The summed E-state index contributed by atoms with van der Waals surface area (Å²) in [6.07, 6.45) is 1.40. The Hall–Kier alpha value is -1.81. The molecule has 1 aromatic heterocycles. The Labute approximate surface area is 194 Å². The highest BCUT2D eigenvalue weighted by molar-refractivity contribution is 14.0. The Morgan fingerprint density at radius 1 is 1.17 bits per heavy atom. The molecule has 1 aliphatic rings. The van der Waals surface area contributed by atoms with E-state index in [4.69, 9.17) is 0 Å². The molecule has 1 aromatic carbocycles. The number of halogens is 1. The first-order valence-corrected chi connectivity index (χ1v) is 10.7. The Morgan fingerprint density at radius 3 is 2.62 bits per heavy atom. The molecule has 1 fully saturated rings. The number of carbonyl (C=O) groups is 1. The first-order valence-electron chi connectivity index (χ1n) is 9.82. The second-order valence-corrected chi connectivity index (χ2v) is 7.75. The predicted octanol–water partition coefficient (Wildman–Crippen LogP) is 4.00. The van der Waals surface area contributed by atoms with Crippen LogP contribution in [-0.4, -0.2) is 50.0 Å². The van der Waals surface area contributed by atoms with E-state index < -0.39 is 0 Å². The number of hydrogen-bond donors (Lipinski definition) is 2. The van der Waals surface area contributed by atoms with Gasteiger partial charge in [0.1, 0.15) is 0 Å². The lowest BCUT2D eigenvalue weighted by Gasteiger charge is -2.37. The van der Waals surface area contributed by atoms with Crippen LogP contribution in [0.2, 0.25) is 0 Å². The molecule has 2 aromatic rings. The maximum atomic E-state index is 11.8. The first-order chi connectivity index (χ1) is 13.7. The number of thiophene rings is 1. The molecule has 0 saturated carbocycles. The van der Waals surface area contributed by atoms with Gasteiger partial charge < -0.3 is 20.4 Å². The van der Waals surface area contributed by atoms with Gasteiger partial charge in [-0.2, -0.15) is 0 Å². The highest BCUT2D eigenvalue weighted by atomic mass is 127. The van der Waals surface area contributed by atoms with Gasteiger partial charge in [0.05, 0.1) is 5.00 Å². The SMILES string of the molecule is CCCC(=O)Nc1cccc(CNC(=NC)N2CCN(c3cccs3)CC2)c1.I. The molecule has 1 aliphatic heterocycles. The molecule has 0 radical (unpaired) electrons. The van der Waals surface area contributed by atoms with Gasteiger partial charge in [-0.25, -0.2) is 0 Å². The second kappa shape index (κ2) is 12.0. The molecule has 0 unspecified atom stereocenters. The normalized spacial score (nSPS) is 14.3. The van der Waals surface area contributed by atoms with E-state index in [-0.39, 0.29) is 29.9 Å². The van der Waals surface area contributed by atoms with Crippen molar-refractivity contribution in [2.75, 3.05) is 43.4 Å². The van der Waals surface area contributed by atoms with Crippen LogP contribution in [0.1, 0.15) is 25.3 Å². The molecule has 29 heavy (non-hydrogen) atoms. The minimum atomic E-state index is 0. The van der Waals surface area contributed by atoms with Gasteiger partial charge in [-0.3, -0.25) is 9.79 Å². The van der Waals surface area contributed by atoms with E-state index in [1.54, 1.807) is 11.3 Å². The Balaban J connectivity index is 0.00000300. The summed E-state index contributed by atoms with van der Waals surface area (Å²) in [5.41, 5.74) is 1.96. The maximum Gasteiger partial charge on any atom is 0.224 e. The van der Waals surface area contributed by atoms with Gasteiger partial charge >= 0.3 is 0 Å². The minimum absolute atomic E-state index is 0. The molecule has 1 saturated heterocycles. The van der Waals surface area contributed by atoms with Gasteiger partial charge in [0, 0.05) is 51.9 Å². The summed E-state index contributed by atoms with van der Waals surface area (Å²) in [7, 11) is 1.83. The second-order valence-electron chi connectivity index (χ2n) is 6.82. The summed E-state index contributed by atoms with van der Waals surface area (Å²) in [5, 5.41) is 9.88. The number of aliphatic imine (C=N–C) groups is 1. The molecule has 2 heterocycles. The molecule has 0 spiro atoms. The number of hydrogen-bond acceptors (Lipinski definition) is 4. The number of nitrogens with zero attached hydrogens (tertiary/aromatic N) is 3. The number of nitrogens with one attached hydrogen (secondary N) is 2. The van der Waals surface area contributed by atoms with Crippen LogP contribution in [0.3, 0.4) is 0 Å². The lowest BCUT2D eigenvalue weighted by Crippen LogP contribution is -2.52. The Bertz CT molecular complexity index is 788. The summed E-state index contributed by atoms with van der Waals surface area (Å²) in [6, 6.07) is 12.3. The first kappa shape index (κ1) is 23.5. The van der Waals surface area contributed by atoms with Crippen molar-refractivity contribution < 1.29 is 4.79 Å². The van der Waals surface area contributed by atoms with Crippen LogP contribution >= 0.6 is 35.3 Å². The summed E-state index contributed by atoms with van der Waals surface area (Å²) in [6.45, 7) is 6.58. The summed E-state index contributed by atoms with van der Waals surface area (Å²) < 4.78 is 0. The van der Waals surface area contributed by atoms with Crippen LogP contribution in [0.15, 0.2) is 46.8 Å². The molecule has 8 heteroatoms. The smallest absolute Gasteiger partial charge is 0.224 e. The predicted molar refractivity (Wildman–Crippen MR) is 134 cm³/mol. The third-order valence-electron chi connectivity index (χ3n) is 4.75. The van der Waals surface area contributed by atoms with Crippen molar-refractivity contribution in [1.29, 1.82) is 0 Å². The molecule has 0 bridgehead atoms. The van der Waals surface area contributed by atoms with Crippen LogP contribution in [-0.2, 0) is 11.3 Å². The number of rotatable bonds is 6. The van der Waals surface area contributed by atoms with E-state index in [1.165, 1.54) is 5.00 Å². The van der Waals surface area contributed by atoms with Gasteiger partial charge in [-0.15, -0.1) is 35.3 Å². The largest absolute Gasteiger partial charge is 0.360 e. The molecule has 1 amide bonds. The van der Waals surface area contributed by atoms with Gasteiger partial charge in [-0.05, 0) is 41.6 Å². The summed E-state index contributed by atoms with van der Waals surface area (Å²) in [5.74, 6) is 0.985. The fourth-order valence-corrected chi connectivity index (χ4v) is 4.10. The van der Waals surface area contributed by atoms with Crippen molar-refractivity contribution in [1.82, 2.24) is 10.2 Å². The summed E-state index contributed by atoms with van der Waals surface area (Å²) >= 11 is 1.79. The van der Waals surface area contributed by atoms with Crippen LogP contribution in [0, 0.1) is 0 Å². The van der Waals surface area contributed by atoms with Crippen LogP contribution in [0.25, 0.3) is 0 Å². The third-order valence-corrected chi connectivity index (χ3v) is 5.68. The Kier molecular flexibility index (Phi) is 9.72. The van der Waals surface area contributed by atoms with E-state index in [9.17, 15) is 4.79 Å². The third kappa shape index (κ3) is 6.88. The molecule has 2 N–H and O–H groups in total. The minimum Gasteiger partial charge on any atom is -0.360 e. The number of guanidine groups is 1. The van der Waals surface area contributed by atoms with E-state index in [0.29, 0.717) is 13.0 Å². The highest BCUT2D eigenvalue weighted by Gasteiger charge is 2.20. The van der Waals surface area contributed by atoms with E-state index >= 15 is 0 Å². The van der Waals surface area contributed by atoms with Crippen molar-refractivity contribution in [3.63, 3.8) is 0 Å². The average molecular weight is 527 g/mol. The van der Waals surface area contributed by atoms with E-state index in [2.05, 4.69) is 49.0 Å². The molecule has 0 atom stereocenters. The fraction of sp³-hybridized carbons (Fsp3) is 0.429. The van der Waals surface area contributed by atoms with Crippen LogP contribution in [0.4, 0.5) is 10.7 Å². The molecule has 158 valence electrons. The lowest BCUT2D eigenvalue weighted by molar-refractivity contribution is -0.116. The van der Waals surface area contributed by atoms with Crippen molar-refractivity contribution in [2.24, 2.45) is 4.99 Å². The number of piperazine rings is 1. The number of amides is 1. The number of anilines is 2. The van der Waals surface area contributed by atoms with Gasteiger partial charge in [0.25, 0.3) is 0 Å². The molecular formula is C21H30IN5OS. The molecule has 6 nitrogen and oxygen atoms in total. The van der Waals surface area contributed by atoms with Crippen molar-refractivity contribution in [3.8, 4) is 0 Å². The lowest BCUT2D eigenvalue weighted by atomic mass is 10.2. The van der Waals surface area contributed by atoms with Crippen molar-refractivity contribution >= 4 is 57.9 Å². The Morgan fingerprint density at radius 2 is 1.97 bits per heavy atom. The topological polar surface area (TPSA) is 60.0 Å². The monoisotopic (exact) mass is 527 g/mol. The highest BCUT2D eigenvalue weighted by Crippen LogP contribution is 2.22. The van der Waals surface area contributed by atoms with E-state index in [0.717, 1.165) is 49.8 Å². The van der Waals surface area contributed by atoms with Crippen LogP contribution in [0.5, 0.6) is 0 Å². The molecular weight excluding hydrogens is 497 g/mol. The zero-order valence-electron chi connectivity index (χ0n) is 17.1. The van der Waals surface area contributed by atoms with Crippen molar-refractivity contribution in [2.45, 2.75) is 26.3 Å². The molecule has 3 rings (SSSR count). The zero-order chi connectivity index (χ0) is 19.8.